The fraction of sp³-hybridized carbons (Fsp3) is 0.455. The van der Waals surface area contributed by atoms with E-state index in [2.05, 4.69) is 70.3 Å². The molecule has 0 spiro atoms. The van der Waals surface area contributed by atoms with Crippen LogP contribution in [0.25, 0.3) is 10.8 Å². The summed E-state index contributed by atoms with van der Waals surface area (Å²) in [5.41, 5.74) is 2.35. The molecule has 2 aromatic rings. The summed E-state index contributed by atoms with van der Waals surface area (Å²) in [6, 6.07) is 12.9. The van der Waals surface area contributed by atoms with E-state index in [0.29, 0.717) is 6.61 Å². The maximum atomic E-state index is 9.55. The summed E-state index contributed by atoms with van der Waals surface area (Å²) in [6.07, 6.45) is 1.71. The highest BCUT2D eigenvalue weighted by Crippen LogP contribution is 2.37. The molecular weight excluding hydrogens is 340 g/mol. The maximum absolute atomic E-state index is 9.55. The fourth-order valence-electron chi connectivity index (χ4n) is 2.55. The molecule has 1 unspecified atom stereocenters. The van der Waals surface area contributed by atoms with Gasteiger partial charge in [-0.15, -0.1) is 0 Å². The maximum Gasteiger partial charge on any atom is 0.272 e. The molecule has 0 heterocycles. The van der Waals surface area contributed by atoms with Gasteiger partial charge in [0.15, 0.2) is 8.32 Å². The predicted molar refractivity (Wildman–Crippen MR) is 112 cm³/mol. The second-order valence-electron chi connectivity index (χ2n) is 8.49. The number of hydrogen-bond acceptors (Lipinski definition) is 3. The molecule has 1 N–H and O–H groups in total. The van der Waals surface area contributed by atoms with Crippen molar-refractivity contribution >= 4 is 19.1 Å². The van der Waals surface area contributed by atoms with Crippen molar-refractivity contribution in [2.24, 2.45) is 0 Å². The van der Waals surface area contributed by atoms with Crippen LogP contribution in [-0.2, 0) is 15.8 Å². The molecule has 3 nitrogen and oxygen atoms in total. The minimum absolute atomic E-state index is 0.0456. The zero-order valence-corrected chi connectivity index (χ0v) is 18.1. The van der Waals surface area contributed by atoms with Crippen molar-refractivity contribution in [3.63, 3.8) is 0 Å². The molecule has 0 saturated heterocycles. The van der Waals surface area contributed by atoms with E-state index in [0.717, 1.165) is 5.56 Å². The third kappa shape index (κ3) is 4.89. The third-order valence-electron chi connectivity index (χ3n) is 5.46. The second kappa shape index (κ2) is 7.85. The number of aliphatic hydroxyl groups is 1. The average molecular weight is 373 g/mol. The van der Waals surface area contributed by atoms with Gasteiger partial charge in [-0.2, -0.15) is 0 Å². The number of methoxy groups -OCH3 is 1. The summed E-state index contributed by atoms with van der Waals surface area (Å²) in [7, 11) is -0.276. The Morgan fingerprint density at radius 1 is 1.12 bits per heavy atom. The van der Waals surface area contributed by atoms with Crippen molar-refractivity contribution in [1.29, 1.82) is 0 Å². The van der Waals surface area contributed by atoms with Gasteiger partial charge in [0.2, 0.25) is 0 Å². The van der Waals surface area contributed by atoms with Gasteiger partial charge < -0.3 is 14.3 Å². The molecule has 2 rings (SSSR count). The fourth-order valence-corrected chi connectivity index (χ4v) is 3.51. The number of aliphatic hydroxyl groups excluding tert-OH is 1. The molecule has 26 heavy (non-hydrogen) atoms. The second-order valence-corrected chi connectivity index (χ2v) is 13.3. The molecule has 0 aliphatic carbocycles. The van der Waals surface area contributed by atoms with Crippen molar-refractivity contribution in [2.45, 2.75) is 58.4 Å². The molecule has 0 aromatic heterocycles. The van der Waals surface area contributed by atoms with Gasteiger partial charge in [-0.1, -0.05) is 58.0 Å². The number of benzene rings is 2. The Morgan fingerprint density at radius 2 is 1.73 bits per heavy atom. The lowest BCUT2D eigenvalue weighted by Gasteiger charge is -2.36. The molecule has 1 atom stereocenters. The van der Waals surface area contributed by atoms with E-state index >= 15 is 0 Å². The van der Waals surface area contributed by atoms with Crippen LogP contribution in [0.1, 0.15) is 44.7 Å². The largest absolute Gasteiger partial charge is 0.481 e. The normalized spacial score (nSPS) is 14.5. The van der Waals surface area contributed by atoms with Crippen molar-refractivity contribution in [1.82, 2.24) is 0 Å². The Balaban J connectivity index is 2.19. The van der Waals surface area contributed by atoms with Crippen LogP contribution in [0, 0.1) is 0 Å². The Labute approximate surface area is 158 Å². The summed E-state index contributed by atoms with van der Waals surface area (Å²) in [5, 5.41) is 12.2. The Kier molecular flexibility index (Phi) is 6.19. The number of hydrogen-bond donors (Lipinski definition) is 1. The number of fused-ring (bicyclic) bond motifs is 1. The van der Waals surface area contributed by atoms with Crippen LogP contribution in [0.3, 0.4) is 0 Å². The van der Waals surface area contributed by atoms with Crippen LogP contribution < -0.4 is 0 Å². The summed E-state index contributed by atoms with van der Waals surface area (Å²) < 4.78 is 11.2. The van der Waals surface area contributed by atoms with E-state index in [1.54, 1.807) is 6.08 Å². The molecule has 0 aliphatic heterocycles. The first kappa shape index (κ1) is 20.5. The minimum Gasteiger partial charge on any atom is -0.481 e. The smallest absolute Gasteiger partial charge is 0.272 e. The molecule has 4 heteroatoms. The monoisotopic (exact) mass is 372 g/mol. The van der Waals surface area contributed by atoms with Gasteiger partial charge in [-0.3, -0.25) is 0 Å². The van der Waals surface area contributed by atoms with E-state index in [4.69, 9.17) is 9.16 Å². The highest BCUT2D eigenvalue weighted by Gasteiger charge is 2.36. The van der Waals surface area contributed by atoms with Gasteiger partial charge in [0.1, 0.15) is 0 Å². The molecule has 142 valence electrons. The van der Waals surface area contributed by atoms with Crippen molar-refractivity contribution in [2.75, 3.05) is 7.11 Å². The van der Waals surface area contributed by atoms with Crippen LogP contribution in [0.15, 0.2) is 48.4 Å². The van der Waals surface area contributed by atoms with E-state index in [9.17, 15) is 5.11 Å². The summed E-state index contributed by atoms with van der Waals surface area (Å²) >= 11 is 0. The Hall–Kier alpha value is -1.78. The van der Waals surface area contributed by atoms with Crippen molar-refractivity contribution in [3.8, 4) is 0 Å². The lowest BCUT2D eigenvalue weighted by atomic mass is 9.97. The van der Waals surface area contributed by atoms with Crippen molar-refractivity contribution in [3.05, 3.63) is 59.5 Å². The van der Waals surface area contributed by atoms with Crippen LogP contribution in [-0.4, -0.2) is 20.5 Å². The number of ether oxygens (including phenoxy) is 1. The van der Waals surface area contributed by atoms with Gasteiger partial charge >= 0.3 is 0 Å². The quantitative estimate of drug-likeness (QED) is 0.464. The first-order chi connectivity index (χ1) is 12.0. The van der Waals surface area contributed by atoms with E-state index < -0.39 is 8.32 Å². The van der Waals surface area contributed by atoms with Crippen LogP contribution in [0.5, 0.6) is 0 Å². The predicted octanol–water partition coefficient (Wildman–Crippen LogP) is 6.51. The number of rotatable bonds is 6. The van der Waals surface area contributed by atoms with Crippen LogP contribution in [0.4, 0.5) is 0 Å². The first-order valence-electron chi connectivity index (χ1n) is 9.15. The molecule has 0 fully saturated rings. The molecule has 0 saturated carbocycles. The SMILES string of the molecule is COC(O)=CC(C)c1ccc2cc(CO[Si](C)(C)C(C)(C)C)ccc2c1. The Bertz CT molecular complexity index is 788. The lowest BCUT2D eigenvalue weighted by molar-refractivity contribution is 0.134. The summed E-state index contributed by atoms with van der Waals surface area (Å²) in [5.74, 6) is 0.0386. The van der Waals surface area contributed by atoms with E-state index in [1.165, 1.54) is 23.4 Å². The summed E-state index contributed by atoms with van der Waals surface area (Å²) in [4.78, 5) is 0. The molecule has 0 radical (unpaired) electrons. The lowest BCUT2D eigenvalue weighted by Crippen LogP contribution is -2.40. The highest BCUT2D eigenvalue weighted by atomic mass is 28.4. The number of allylic oxidation sites excluding steroid dienone is 1. The topological polar surface area (TPSA) is 38.7 Å². The Morgan fingerprint density at radius 3 is 2.35 bits per heavy atom. The van der Waals surface area contributed by atoms with E-state index in [-0.39, 0.29) is 16.9 Å². The van der Waals surface area contributed by atoms with Crippen molar-refractivity contribution < 1.29 is 14.3 Å². The molecule has 0 bridgehead atoms. The minimum atomic E-state index is -1.74. The van der Waals surface area contributed by atoms with Crippen LogP contribution in [0.2, 0.25) is 18.1 Å². The average Bonchev–Trinajstić information content (AvgIpc) is 2.58. The standard InChI is InChI=1S/C22H32O3Si/c1-16(12-21(23)24-5)18-10-11-19-13-17(8-9-20(19)14-18)15-25-26(6,7)22(2,3)4/h8-14,16,23H,15H2,1-7H3. The zero-order chi connectivity index (χ0) is 19.5. The van der Waals surface area contributed by atoms with Gasteiger partial charge in [-0.25, -0.2) is 0 Å². The third-order valence-corrected chi connectivity index (χ3v) is 9.94. The van der Waals surface area contributed by atoms with Gasteiger partial charge in [-0.05, 0) is 46.1 Å². The van der Waals surface area contributed by atoms with Gasteiger partial charge in [0.25, 0.3) is 5.95 Å². The summed E-state index contributed by atoms with van der Waals surface area (Å²) in [6.45, 7) is 14.1. The van der Waals surface area contributed by atoms with Gasteiger partial charge in [0.05, 0.1) is 13.7 Å². The molecule has 0 amide bonds. The van der Waals surface area contributed by atoms with Crippen LogP contribution >= 0.6 is 0 Å². The zero-order valence-electron chi connectivity index (χ0n) is 17.1. The highest BCUT2D eigenvalue weighted by molar-refractivity contribution is 6.74. The van der Waals surface area contributed by atoms with Gasteiger partial charge in [0, 0.05) is 12.0 Å². The molecule has 0 aliphatic rings. The molecule has 2 aromatic carbocycles. The molecular formula is C22H32O3Si. The first-order valence-corrected chi connectivity index (χ1v) is 12.1. The van der Waals surface area contributed by atoms with E-state index in [1.807, 2.05) is 6.92 Å².